The fourth-order valence-electron chi connectivity index (χ4n) is 2.19. The van der Waals surface area contributed by atoms with Crippen LogP contribution in [-0.2, 0) is 17.8 Å². The molecule has 0 fully saturated rings. The van der Waals surface area contributed by atoms with Crippen molar-refractivity contribution in [2.45, 2.75) is 26.3 Å². The van der Waals surface area contributed by atoms with Crippen LogP contribution in [-0.4, -0.2) is 30.4 Å². The third-order valence-corrected chi connectivity index (χ3v) is 3.19. The first-order valence-corrected chi connectivity index (χ1v) is 6.36. The van der Waals surface area contributed by atoms with Crippen LogP contribution < -0.4 is 5.32 Å². The molecule has 3 heteroatoms. The molecule has 0 aromatic heterocycles. The maximum absolute atomic E-state index is 11.9. The molecule has 1 aromatic carbocycles. The van der Waals surface area contributed by atoms with Crippen molar-refractivity contribution in [2.75, 3.05) is 19.6 Å². The topological polar surface area (TPSA) is 32.3 Å². The number of hydrogen-bond donors (Lipinski definition) is 1. The van der Waals surface area contributed by atoms with Crippen molar-refractivity contribution in [3.63, 3.8) is 0 Å². The molecule has 0 bridgehead atoms. The van der Waals surface area contributed by atoms with Crippen molar-refractivity contribution >= 4 is 5.91 Å². The van der Waals surface area contributed by atoms with Crippen molar-refractivity contribution in [2.24, 2.45) is 0 Å². The van der Waals surface area contributed by atoms with E-state index in [1.165, 1.54) is 11.1 Å². The van der Waals surface area contributed by atoms with E-state index in [0.717, 1.165) is 32.5 Å². The van der Waals surface area contributed by atoms with Gasteiger partial charge in [-0.05, 0) is 30.5 Å². The van der Waals surface area contributed by atoms with Crippen molar-refractivity contribution < 1.29 is 4.79 Å². The fourth-order valence-corrected chi connectivity index (χ4v) is 2.19. The maximum atomic E-state index is 11.9. The van der Waals surface area contributed by atoms with Crippen molar-refractivity contribution in [3.05, 3.63) is 35.4 Å². The van der Waals surface area contributed by atoms with Crippen LogP contribution in [0.2, 0.25) is 0 Å². The minimum atomic E-state index is 0.216. The summed E-state index contributed by atoms with van der Waals surface area (Å²) in [6.45, 7) is 5.10. The van der Waals surface area contributed by atoms with E-state index in [0.29, 0.717) is 6.54 Å². The summed E-state index contributed by atoms with van der Waals surface area (Å²) in [6, 6.07) is 8.39. The number of rotatable bonds is 4. The Labute approximate surface area is 103 Å². The molecule has 1 aliphatic heterocycles. The van der Waals surface area contributed by atoms with Gasteiger partial charge in [0.25, 0.3) is 0 Å². The molecule has 0 saturated carbocycles. The maximum Gasteiger partial charge on any atom is 0.236 e. The van der Waals surface area contributed by atoms with Crippen molar-refractivity contribution in [1.82, 2.24) is 10.2 Å². The minimum absolute atomic E-state index is 0.216. The molecule has 1 amide bonds. The first kappa shape index (κ1) is 12.1. The molecule has 0 saturated heterocycles. The van der Waals surface area contributed by atoms with Crippen LogP contribution in [0.1, 0.15) is 24.5 Å². The Morgan fingerprint density at radius 1 is 1.35 bits per heavy atom. The second-order valence-electron chi connectivity index (χ2n) is 4.51. The minimum Gasteiger partial charge on any atom is -0.337 e. The number of nitrogens with zero attached hydrogens (tertiary/aromatic N) is 1. The molecule has 2 rings (SSSR count). The summed E-state index contributed by atoms with van der Waals surface area (Å²) in [5.74, 6) is 0.216. The van der Waals surface area contributed by atoms with Crippen LogP contribution in [0.25, 0.3) is 0 Å². The second kappa shape index (κ2) is 5.82. The Bertz CT molecular complexity index is 390. The number of amides is 1. The first-order chi connectivity index (χ1) is 8.31. The highest BCUT2D eigenvalue weighted by Crippen LogP contribution is 2.18. The summed E-state index contributed by atoms with van der Waals surface area (Å²) < 4.78 is 0. The molecule has 17 heavy (non-hydrogen) atoms. The van der Waals surface area contributed by atoms with E-state index in [1.54, 1.807) is 0 Å². The molecule has 0 radical (unpaired) electrons. The fraction of sp³-hybridized carbons (Fsp3) is 0.500. The number of benzene rings is 1. The van der Waals surface area contributed by atoms with Crippen LogP contribution in [0.15, 0.2) is 24.3 Å². The lowest BCUT2D eigenvalue weighted by molar-refractivity contribution is -0.131. The molecule has 0 aliphatic carbocycles. The van der Waals surface area contributed by atoms with Gasteiger partial charge in [0.1, 0.15) is 0 Å². The van der Waals surface area contributed by atoms with E-state index in [2.05, 4.69) is 30.4 Å². The van der Waals surface area contributed by atoms with Crippen molar-refractivity contribution in [1.29, 1.82) is 0 Å². The SMILES string of the molecule is CCCNCC(=O)N1CCc2ccccc2C1. The van der Waals surface area contributed by atoms with E-state index >= 15 is 0 Å². The average molecular weight is 232 g/mol. The number of fused-ring (bicyclic) bond motifs is 1. The van der Waals surface area contributed by atoms with Gasteiger partial charge >= 0.3 is 0 Å². The molecule has 92 valence electrons. The van der Waals surface area contributed by atoms with Crippen molar-refractivity contribution in [3.8, 4) is 0 Å². The highest BCUT2D eigenvalue weighted by Gasteiger charge is 2.19. The molecule has 1 heterocycles. The monoisotopic (exact) mass is 232 g/mol. The highest BCUT2D eigenvalue weighted by molar-refractivity contribution is 5.78. The predicted octanol–water partition coefficient (Wildman–Crippen LogP) is 1.57. The smallest absolute Gasteiger partial charge is 0.236 e. The van der Waals surface area contributed by atoms with Gasteiger partial charge in [0.05, 0.1) is 6.54 Å². The summed E-state index contributed by atoms with van der Waals surface area (Å²) >= 11 is 0. The summed E-state index contributed by atoms with van der Waals surface area (Å²) in [5.41, 5.74) is 2.68. The average Bonchev–Trinajstić information content (AvgIpc) is 2.38. The van der Waals surface area contributed by atoms with Crippen LogP contribution in [0.5, 0.6) is 0 Å². The van der Waals surface area contributed by atoms with Crippen LogP contribution in [0.4, 0.5) is 0 Å². The summed E-state index contributed by atoms with van der Waals surface area (Å²) in [5, 5.41) is 3.16. The molecule has 1 N–H and O–H groups in total. The van der Waals surface area contributed by atoms with Crippen LogP contribution in [0.3, 0.4) is 0 Å². The molecule has 1 aromatic rings. The highest BCUT2D eigenvalue weighted by atomic mass is 16.2. The number of carbonyl (C=O) groups excluding carboxylic acids is 1. The van der Waals surface area contributed by atoms with E-state index in [-0.39, 0.29) is 5.91 Å². The lowest BCUT2D eigenvalue weighted by Gasteiger charge is -2.29. The van der Waals surface area contributed by atoms with Gasteiger partial charge in [-0.1, -0.05) is 31.2 Å². The Morgan fingerprint density at radius 3 is 2.88 bits per heavy atom. The van der Waals surface area contributed by atoms with Gasteiger partial charge in [-0.3, -0.25) is 4.79 Å². The normalized spacial score (nSPS) is 14.5. The number of nitrogens with one attached hydrogen (secondary N) is 1. The summed E-state index contributed by atoms with van der Waals surface area (Å²) in [7, 11) is 0. The lowest BCUT2D eigenvalue weighted by Crippen LogP contribution is -2.41. The molecule has 1 aliphatic rings. The Morgan fingerprint density at radius 2 is 2.12 bits per heavy atom. The molecular weight excluding hydrogens is 212 g/mol. The largest absolute Gasteiger partial charge is 0.337 e. The van der Waals surface area contributed by atoms with Gasteiger partial charge in [-0.2, -0.15) is 0 Å². The van der Waals surface area contributed by atoms with Gasteiger partial charge in [-0.25, -0.2) is 0 Å². The molecule has 0 unspecified atom stereocenters. The second-order valence-corrected chi connectivity index (χ2v) is 4.51. The quantitative estimate of drug-likeness (QED) is 0.799. The Hall–Kier alpha value is -1.35. The standard InChI is InChI=1S/C14H20N2O/c1-2-8-15-10-14(17)16-9-7-12-5-3-4-6-13(12)11-16/h3-6,15H,2,7-11H2,1H3. The predicted molar refractivity (Wildman–Crippen MR) is 68.7 cm³/mol. The van der Waals surface area contributed by atoms with Crippen LogP contribution in [0, 0.1) is 0 Å². The molecule has 0 atom stereocenters. The zero-order valence-electron chi connectivity index (χ0n) is 10.4. The van der Waals surface area contributed by atoms with E-state index in [9.17, 15) is 4.79 Å². The number of hydrogen-bond acceptors (Lipinski definition) is 2. The summed E-state index contributed by atoms with van der Waals surface area (Å²) in [6.07, 6.45) is 2.05. The van der Waals surface area contributed by atoms with Crippen LogP contribution >= 0.6 is 0 Å². The Balaban J connectivity index is 1.91. The lowest BCUT2D eigenvalue weighted by atomic mass is 10.00. The van der Waals surface area contributed by atoms with Gasteiger partial charge in [0.15, 0.2) is 0 Å². The van der Waals surface area contributed by atoms with E-state index in [1.807, 2.05) is 11.0 Å². The first-order valence-electron chi connectivity index (χ1n) is 6.36. The molecular formula is C14H20N2O. The molecule has 0 spiro atoms. The van der Waals surface area contributed by atoms with Gasteiger partial charge < -0.3 is 10.2 Å². The Kier molecular flexibility index (Phi) is 4.15. The molecule has 3 nitrogen and oxygen atoms in total. The van der Waals surface area contributed by atoms with E-state index < -0.39 is 0 Å². The third-order valence-electron chi connectivity index (χ3n) is 3.19. The van der Waals surface area contributed by atoms with E-state index in [4.69, 9.17) is 0 Å². The summed E-state index contributed by atoms with van der Waals surface area (Å²) in [4.78, 5) is 13.9. The van der Waals surface area contributed by atoms with Gasteiger partial charge in [0, 0.05) is 13.1 Å². The number of carbonyl (C=O) groups is 1. The third kappa shape index (κ3) is 3.07. The zero-order chi connectivity index (χ0) is 12.1. The zero-order valence-corrected chi connectivity index (χ0v) is 10.4. The van der Waals surface area contributed by atoms with Gasteiger partial charge in [-0.15, -0.1) is 0 Å². The van der Waals surface area contributed by atoms with Gasteiger partial charge in [0.2, 0.25) is 5.91 Å².